The number of hydrogen-bond donors (Lipinski definition) is 2. The van der Waals surface area contributed by atoms with E-state index in [1.807, 2.05) is 0 Å². The van der Waals surface area contributed by atoms with E-state index in [1.165, 1.54) is 32.1 Å². The van der Waals surface area contributed by atoms with Crippen LogP contribution in [-0.4, -0.2) is 23.7 Å². The predicted octanol–water partition coefficient (Wildman–Crippen LogP) is 3.44. The monoisotopic (exact) mass is 267 g/mol. The first-order valence-electron chi connectivity index (χ1n) is 7.94. The number of carboxylic acid groups (broad SMARTS) is 1. The molecule has 2 aliphatic carbocycles. The lowest BCUT2D eigenvalue weighted by Gasteiger charge is -2.37. The van der Waals surface area contributed by atoms with Gasteiger partial charge in [-0.3, -0.25) is 4.79 Å². The van der Waals surface area contributed by atoms with Gasteiger partial charge in [-0.2, -0.15) is 0 Å². The van der Waals surface area contributed by atoms with Crippen LogP contribution in [0.3, 0.4) is 0 Å². The number of rotatable bonds is 4. The predicted molar refractivity (Wildman–Crippen MR) is 77.1 cm³/mol. The fourth-order valence-corrected chi connectivity index (χ4v) is 3.97. The zero-order valence-electron chi connectivity index (χ0n) is 12.5. The van der Waals surface area contributed by atoms with E-state index in [0.29, 0.717) is 17.4 Å². The Morgan fingerprint density at radius 1 is 1.21 bits per heavy atom. The van der Waals surface area contributed by atoms with Crippen LogP contribution >= 0.6 is 0 Å². The molecule has 110 valence electrons. The van der Waals surface area contributed by atoms with E-state index in [0.717, 1.165) is 25.8 Å². The molecule has 2 N–H and O–H groups in total. The van der Waals surface area contributed by atoms with E-state index in [9.17, 15) is 9.90 Å². The SMILES string of the molecule is CC1(C)CCCC(NCC2CCCCC2C(=O)O)C1. The molecule has 0 aliphatic heterocycles. The second-order valence-corrected chi connectivity index (χ2v) is 7.36. The van der Waals surface area contributed by atoms with Crippen LogP contribution in [0.2, 0.25) is 0 Å². The summed E-state index contributed by atoms with van der Waals surface area (Å²) >= 11 is 0. The third kappa shape index (κ3) is 4.20. The lowest BCUT2D eigenvalue weighted by molar-refractivity contribution is -0.144. The summed E-state index contributed by atoms with van der Waals surface area (Å²) in [6.07, 6.45) is 9.36. The minimum Gasteiger partial charge on any atom is -0.481 e. The fraction of sp³-hybridized carbons (Fsp3) is 0.938. The molecular formula is C16H29NO2. The molecule has 3 nitrogen and oxygen atoms in total. The number of carboxylic acids is 1. The summed E-state index contributed by atoms with van der Waals surface area (Å²) in [5, 5.41) is 13.0. The Hall–Kier alpha value is -0.570. The van der Waals surface area contributed by atoms with Crippen LogP contribution in [0, 0.1) is 17.3 Å². The maximum absolute atomic E-state index is 11.3. The topological polar surface area (TPSA) is 49.3 Å². The van der Waals surface area contributed by atoms with E-state index >= 15 is 0 Å². The third-order valence-corrected chi connectivity index (χ3v) is 5.10. The summed E-state index contributed by atoms with van der Waals surface area (Å²) < 4.78 is 0. The molecule has 0 spiro atoms. The average molecular weight is 267 g/mol. The van der Waals surface area contributed by atoms with Crippen molar-refractivity contribution in [1.29, 1.82) is 0 Å². The Bertz CT molecular complexity index is 314. The van der Waals surface area contributed by atoms with Crippen LogP contribution in [0.4, 0.5) is 0 Å². The number of nitrogens with one attached hydrogen (secondary N) is 1. The first-order chi connectivity index (χ1) is 8.98. The number of hydrogen-bond acceptors (Lipinski definition) is 2. The van der Waals surface area contributed by atoms with E-state index in [4.69, 9.17) is 0 Å². The summed E-state index contributed by atoms with van der Waals surface area (Å²) in [6.45, 7) is 5.60. The summed E-state index contributed by atoms with van der Waals surface area (Å²) in [5.74, 6) is -0.357. The van der Waals surface area contributed by atoms with Crippen molar-refractivity contribution in [3.05, 3.63) is 0 Å². The smallest absolute Gasteiger partial charge is 0.306 e. The first kappa shape index (κ1) is 14.8. The minimum atomic E-state index is -0.588. The fourth-order valence-electron chi connectivity index (χ4n) is 3.97. The van der Waals surface area contributed by atoms with Crippen molar-refractivity contribution in [2.24, 2.45) is 17.3 Å². The molecule has 3 unspecified atom stereocenters. The summed E-state index contributed by atoms with van der Waals surface area (Å²) in [5.41, 5.74) is 0.453. The van der Waals surface area contributed by atoms with Crippen LogP contribution in [0.25, 0.3) is 0 Å². The van der Waals surface area contributed by atoms with Gasteiger partial charge in [0.25, 0.3) is 0 Å². The van der Waals surface area contributed by atoms with E-state index in [-0.39, 0.29) is 5.92 Å². The van der Waals surface area contributed by atoms with Gasteiger partial charge in [-0.15, -0.1) is 0 Å². The standard InChI is InChI=1S/C16H29NO2/c1-16(2)9-5-7-13(10-16)17-11-12-6-3-4-8-14(12)15(18)19/h12-14,17H,3-11H2,1-2H3,(H,18,19). The van der Waals surface area contributed by atoms with Crippen molar-refractivity contribution >= 4 is 5.97 Å². The molecule has 19 heavy (non-hydrogen) atoms. The maximum Gasteiger partial charge on any atom is 0.306 e. The second-order valence-electron chi connectivity index (χ2n) is 7.36. The van der Waals surface area contributed by atoms with Crippen LogP contribution in [-0.2, 0) is 4.79 Å². The molecule has 3 atom stereocenters. The van der Waals surface area contributed by atoms with Gasteiger partial charge in [-0.1, -0.05) is 33.1 Å². The highest BCUT2D eigenvalue weighted by Gasteiger charge is 2.32. The molecule has 0 heterocycles. The van der Waals surface area contributed by atoms with Crippen molar-refractivity contribution in [2.45, 2.75) is 71.3 Å². The van der Waals surface area contributed by atoms with Gasteiger partial charge in [0.05, 0.1) is 5.92 Å². The van der Waals surface area contributed by atoms with Gasteiger partial charge in [-0.05, 0) is 50.0 Å². The molecule has 2 rings (SSSR count). The first-order valence-corrected chi connectivity index (χ1v) is 7.94. The zero-order valence-corrected chi connectivity index (χ0v) is 12.5. The normalized spacial score (nSPS) is 34.9. The Kier molecular flexibility index (Phi) is 4.88. The third-order valence-electron chi connectivity index (χ3n) is 5.10. The second kappa shape index (κ2) is 6.25. The van der Waals surface area contributed by atoms with Crippen molar-refractivity contribution in [2.75, 3.05) is 6.54 Å². The Morgan fingerprint density at radius 3 is 2.63 bits per heavy atom. The van der Waals surface area contributed by atoms with Crippen molar-refractivity contribution < 1.29 is 9.90 Å². The summed E-state index contributed by atoms with van der Waals surface area (Å²) in [6, 6.07) is 0.597. The van der Waals surface area contributed by atoms with E-state index < -0.39 is 5.97 Å². The minimum absolute atomic E-state index is 0.113. The molecule has 0 aromatic heterocycles. The summed E-state index contributed by atoms with van der Waals surface area (Å²) in [7, 11) is 0. The molecule has 2 saturated carbocycles. The number of carbonyl (C=O) groups is 1. The molecule has 0 aromatic rings. The van der Waals surface area contributed by atoms with E-state index in [2.05, 4.69) is 19.2 Å². The van der Waals surface area contributed by atoms with Gasteiger partial charge < -0.3 is 10.4 Å². The Labute approximate surface area is 117 Å². The zero-order chi connectivity index (χ0) is 13.9. The van der Waals surface area contributed by atoms with Crippen molar-refractivity contribution in [3.63, 3.8) is 0 Å². The van der Waals surface area contributed by atoms with Crippen LogP contribution in [0.5, 0.6) is 0 Å². The molecule has 3 heteroatoms. The molecule has 2 fully saturated rings. The quantitative estimate of drug-likeness (QED) is 0.820. The van der Waals surface area contributed by atoms with Crippen LogP contribution in [0.15, 0.2) is 0 Å². The number of aliphatic carboxylic acids is 1. The molecule has 0 saturated heterocycles. The average Bonchev–Trinajstić information content (AvgIpc) is 2.35. The largest absolute Gasteiger partial charge is 0.481 e. The van der Waals surface area contributed by atoms with Crippen LogP contribution < -0.4 is 5.32 Å². The van der Waals surface area contributed by atoms with Gasteiger partial charge in [-0.25, -0.2) is 0 Å². The molecular weight excluding hydrogens is 238 g/mol. The molecule has 0 bridgehead atoms. The highest BCUT2D eigenvalue weighted by Crippen LogP contribution is 2.36. The Balaban J connectivity index is 1.81. The highest BCUT2D eigenvalue weighted by atomic mass is 16.4. The molecule has 2 aliphatic rings. The van der Waals surface area contributed by atoms with Gasteiger partial charge in [0.15, 0.2) is 0 Å². The molecule has 0 amide bonds. The van der Waals surface area contributed by atoms with Gasteiger partial charge >= 0.3 is 5.97 Å². The highest BCUT2D eigenvalue weighted by molar-refractivity contribution is 5.70. The molecule has 0 radical (unpaired) electrons. The maximum atomic E-state index is 11.3. The van der Waals surface area contributed by atoms with E-state index in [1.54, 1.807) is 0 Å². The molecule has 0 aromatic carbocycles. The lowest BCUT2D eigenvalue weighted by atomic mass is 9.74. The van der Waals surface area contributed by atoms with Gasteiger partial charge in [0, 0.05) is 6.04 Å². The summed E-state index contributed by atoms with van der Waals surface area (Å²) in [4.78, 5) is 11.3. The van der Waals surface area contributed by atoms with Crippen molar-refractivity contribution in [3.8, 4) is 0 Å². The lowest BCUT2D eigenvalue weighted by Crippen LogP contribution is -2.42. The van der Waals surface area contributed by atoms with Gasteiger partial charge in [0.1, 0.15) is 0 Å². The van der Waals surface area contributed by atoms with Crippen LogP contribution in [0.1, 0.15) is 65.2 Å². The Morgan fingerprint density at radius 2 is 1.95 bits per heavy atom. The van der Waals surface area contributed by atoms with Crippen molar-refractivity contribution in [1.82, 2.24) is 5.32 Å². The van der Waals surface area contributed by atoms with Gasteiger partial charge in [0.2, 0.25) is 0 Å².